The molecule has 100 valence electrons. The van der Waals surface area contributed by atoms with Crippen LogP contribution in [0, 0.1) is 13.8 Å². The van der Waals surface area contributed by atoms with E-state index in [2.05, 4.69) is 23.6 Å². The maximum Gasteiger partial charge on any atom is 0.179 e. The molecule has 1 heterocycles. The Morgan fingerprint density at radius 2 is 1.95 bits per heavy atom. The second-order valence-corrected chi connectivity index (χ2v) is 4.93. The van der Waals surface area contributed by atoms with E-state index in [4.69, 9.17) is 11.6 Å². The highest BCUT2D eigenvalue weighted by Gasteiger charge is 2.16. The summed E-state index contributed by atoms with van der Waals surface area (Å²) in [6.07, 6.45) is 0.964. The zero-order chi connectivity index (χ0) is 14.0. The summed E-state index contributed by atoms with van der Waals surface area (Å²) < 4.78 is 2.14. The molecule has 2 rings (SSSR count). The molecule has 0 fully saturated rings. The Morgan fingerprint density at radius 1 is 1.26 bits per heavy atom. The third kappa shape index (κ3) is 2.45. The van der Waals surface area contributed by atoms with Gasteiger partial charge in [-0.15, -0.1) is 11.6 Å². The van der Waals surface area contributed by atoms with Crippen LogP contribution in [0.15, 0.2) is 30.3 Å². The number of nitrogens with zero attached hydrogens (tertiary/aromatic N) is 1. The van der Waals surface area contributed by atoms with Crippen LogP contribution in [-0.2, 0) is 6.42 Å². The first-order chi connectivity index (χ1) is 9.10. The van der Waals surface area contributed by atoms with Crippen molar-refractivity contribution < 1.29 is 4.79 Å². The lowest BCUT2D eigenvalue weighted by molar-refractivity contribution is 0.102. The largest absolute Gasteiger partial charge is 0.317 e. The van der Waals surface area contributed by atoms with Crippen LogP contribution in [-0.4, -0.2) is 16.2 Å². The topological polar surface area (TPSA) is 22.0 Å². The third-order valence-corrected chi connectivity index (χ3v) is 3.71. The number of hydrogen-bond acceptors (Lipinski definition) is 1. The van der Waals surface area contributed by atoms with Crippen LogP contribution in [0.25, 0.3) is 5.69 Å². The van der Waals surface area contributed by atoms with Crippen molar-refractivity contribution in [2.75, 3.05) is 5.88 Å². The van der Waals surface area contributed by atoms with Crippen molar-refractivity contribution in [2.24, 2.45) is 0 Å². The van der Waals surface area contributed by atoms with E-state index >= 15 is 0 Å². The Labute approximate surface area is 119 Å². The van der Waals surface area contributed by atoms with Crippen LogP contribution in [0.5, 0.6) is 0 Å². The summed E-state index contributed by atoms with van der Waals surface area (Å²) in [5, 5.41) is 0. The van der Waals surface area contributed by atoms with Gasteiger partial charge in [-0.3, -0.25) is 4.79 Å². The SMILES string of the molecule is CCc1ccccc1-n1c(C)cc(C(=O)CCl)c1C. The van der Waals surface area contributed by atoms with Gasteiger partial charge in [-0.25, -0.2) is 0 Å². The second kappa shape index (κ2) is 5.62. The zero-order valence-corrected chi connectivity index (χ0v) is 12.3. The lowest BCUT2D eigenvalue weighted by Crippen LogP contribution is -2.06. The highest BCUT2D eigenvalue weighted by Crippen LogP contribution is 2.24. The van der Waals surface area contributed by atoms with Gasteiger partial charge in [-0.1, -0.05) is 25.1 Å². The Balaban J connectivity index is 2.63. The number of benzene rings is 1. The van der Waals surface area contributed by atoms with Crippen LogP contribution in [0.1, 0.15) is 34.2 Å². The number of para-hydroxylation sites is 1. The van der Waals surface area contributed by atoms with Gasteiger partial charge in [0.2, 0.25) is 0 Å². The molecule has 0 spiro atoms. The number of halogens is 1. The third-order valence-electron chi connectivity index (χ3n) is 3.47. The molecule has 0 atom stereocenters. The van der Waals surface area contributed by atoms with Crippen molar-refractivity contribution >= 4 is 17.4 Å². The first kappa shape index (κ1) is 13.9. The molecule has 0 aliphatic heterocycles. The molecule has 0 aliphatic carbocycles. The molecule has 0 aliphatic rings. The van der Waals surface area contributed by atoms with E-state index in [1.165, 1.54) is 5.56 Å². The Hall–Kier alpha value is -1.54. The van der Waals surface area contributed by atoms with Gasteiger partial charge in [-0.2, -0.15) is 0 Å². The molecule has 0 radical (unpaired) electrons. The van der Waals surface area contributed by atoms with Crippen LogP contribution in [0.2, 0.25) is 0 Å². The molecule has 0 saturated carbocycles. The van der Waals surface area contributed by atoms with Gasteiger partial charge in [0.1, 0.15) is 0 Å². The zero-order valence-electron chi connectivity index (χ0n) is 11.5. The van der Waals surface area contributed by atoms with Gasteiger partial charge in [0.15, 0.2) is 5.78 Å². The van der Waals surface area contributed by atoms with Gasteiger partial charge < -0.3 is 4.57 Å². The highest BCUT2D eigenvalue weighted by atomic mass is 35.5. The number of aromatic nitrogens is 1. The molecule has 19 heavy (non-hydrogen) atoms. The van der Waals surface area contributed by atoms with E-state index in [9.17, 15) is 4.79 Å². The number of carbonyl (C=O) groups excluding carboxylic acids is 1. The van der Waals surface area contributed by atoms with Crippen molar-refractivity contribution in [1.29, 1.82) is 0 Å². The van der Waals surface area contributed by atoms with Crippen molar-refractivity contribution in [1.82, 2.24) is 4.57 Å². The van der Waals surface area contributed by atoms with E-state index in [1.807, 2.05) is 32.0 Å². The van der Waals surface area contributed by atoms with Crippen molar-refractivity contribution in [3.8, 4) is 5.69 Å². The molecule has 2 nitrogen and oxygen atoms in total. The molecule has 0 amide bonds. The van der Waals surface area contributed by atoms with Gasteiger partial charge in [0.25, 0.3) is 0 Å². The fourth-order valence-corrected chi connectivity index (χ4v) is 2.66. The van der Waals surface area contributed by atoms with Crippen molar-refractivity contribution in [3.05, 3.63) is 52.8 Å². The maximum absolute atomic E-state index is 11.8. The Morgan fingerprint density at radius 3 is 2.58 bits per heavy atom. The Bertz CT molecular complexity index is 613. The maximum atomic E-state index is 11.8. The summed E-state index contributed by atoms with van der Waals surface area (Å²) in [6.45, 7) is 6.13. The summed E-state index contributed by atoms with van der Waals surface area (Å²) in [6, 6.07) is 10.2. The van der Waals surface area contributed by atoms with E-state index in [-0.39, 0.29) is 11.7 Å². The molecule has 3 heteroatoms. The number of Topliss-reactive ketones (excluding diaryl/α,β-unsaturated/α-hetero) is 1. The average Bonchev–Trinajstić information content (AvgIpc) is 2.73. The smallest absolute Gasteiger partial charge is 0.179 e. The molecular weight excluding hydrogens is 258 g/mol. The van der Waals surface area contributed by atoms with Gasteiger partial charge in [-0.05, 0) is 38.0 Å². The lowest BCUT2D eigenvalue weighted by atomic mass is 10.1. The van der Waals surface area contributed by atoms with Crippen LogP contribution >= 0.6 is 11.6 Å². The predicted molar refractivity (Wildman–Crippen MR) is 79.7 cm³/mol. The predicted octanol–water partition coefficient (Wildman–Crippen LogP) is 4.08. The molecule has 2 aromatic rings. The minimum atomic E-state index is -0.0185. The molecule has 0 N–H and O–H groups in total. The number of carbonyl (C=O) groups is 1. The number of rotatable bonds is 4. The van der Waals surface area contributed by atoms with E-state index < -0.39 is 0 Å². The van der Waals surface area contributed by atoms with Gasteiger partial charge in [0, 0.05) is 22.6 Å². The molecule has 0 unspecified atom stereocenters. The normalized spacial score (nSPS) is 10.7. The highest BCUT2D eigenvalue weighted by molar-refractivity contribution is 6.30. The number of aryl methyl sites for hydroxylation is 2. The molecular formula is C16H18ClNO. The second-order valence-electron chi connectivity index (χ2n) is 4.66. The van der Waals surface area contributed by atoms with E-state index in [0.29, 0.717) is 0 Å². The summed E-state index contributed by atoms with van der Waals surface area (Å²) in [5.74, 6) is 0.00898. The average molecular weight is 276 g/mol. The van der Waals surface area contributed by atoms with Gasteiger partial charge in [0.05, 0.1) is 5.88 Å². The van der Waals surface area contributed by atoms with Crippen molar-refractivity contribution in [2.45, 2.75) is 27.2 Å². The standard InChI is InChI=1S/C16H18ClNO/c1-4-13-7-5-6-8-15(13)18-11(2)9-14(12(18)3)16(19)10-17/h5-9H,4,10H2,1-3H3. The molecule has 0 saturated heterocycles. The molecule has 1 aromatic carbocycles. The first-order valence-electron chi connectivity index (χ1n) is 6.46. The van der Waals surface area contributed by atoms with Crippen LogP contribution in [0.4, 0.5) is 0 Å². The first-order valence-corrected chi connectivity index (χ1v) is 7.00. The van der Waals surface area contributed by atoms with Crippen LogP contribution in [0.3, 0.4) is 0 Å². The van der Waals surface area contributed by atoms with Gasteiger partial charge >= 0.3 is 0 Å². The summed E-state index contributed by atoms with van der Waals surface area (Å²) in [5.41, 5.74) is 5.16. The van der Waals surface area contributed by atoms with Crippen molar-refractivity contribution in [3.63, 3.8) is 0 Å². The summed E-state index contributed by atoms with van der Waals surface area (Å²) in [4.78, 5) is 11.8. The minimum Gasteiger partial charge on any atom is -0.317 e. The van der Waals surface area contributed by atoms with E-state index in [1.54, 1.807) is 0 Å². The molecule has 1 aromatic heterocycles. The van der Waals surface area contributed by atoms with E-state index in [0.717, 1.165) is 29.1 Å². The number of ketones is 1. The minimum absolute atomic E-state index is 0.0185. The summed E-state index contributed by atoms with van der Waals surface area (Å²) >= 11 is 5.67. The quantitative estimate of drug-likeness (QED) is 0.609. The van der Waals surface area contributed by atoms with Crippen LogP contribution < -0.4 is 0 Å². The number of hydrogen-bond donors (Lipinski definition) is 0. The molecule has 0 bridgehead atoms. The fourth-order valence-electron chi connectivity index (χ4n) is 2.52. The Kier molecular flexibility index (Phi) is 4.11. The monoisotopic (exact) mass is 275 g/mol. The fraction of sp³-hybridized carbons (Fsp3) is 0.312. The number of alkyl halides is 1. The lowest BCUT2D eigenvalue weighted by Gasteiger charge is -2.14. The summed E-state index contributed by atoms with van der Waals surface area (Å²) in [7, 11) is 0.